The molecule has 0 unspecified atom stereocenters. The first-order chi connectivity index (χ1) is 23.7. The van der Waals surface area contributed by atoms with Crippen LogP contribution in [0.3, 0.4) is 0 Å². The highest BCUT2D eigenvalue weighted by Crippen LogP contribution is 2.49. The molecule has 1 N–H and O–H groups in total. The van der Waals surface area contributed by atoms with Gasteiger partial charge in [-0.25, -0.2) is 24.5 Å². The molecule has 0 bridgehead atoms. The SMILES string of the molecule is CCCCOC(=O)N1CCN(C(=O)[C@H](CP(=O)(OOCC)OOCC)NC(=O)c2cc(N3CC[C@H](OC)C3)nc(-c3ccccc3)n2)CC1. The van der Waals surface area contributed by atoms with Crippen molar-refractivity contribution in [3.8, 4) is 11.4 Å². The molecule has 3 heterocycles. The van der Waals surface area contributed by atoms with Gasteiger partial charge in [-0.3, -0.25) is 14.2 Å². The summed E-state index contributed by atoms with van der Waals surface area (Å²) in [6.07, 6.45) is 1.39. The molecular formula is C32H47N6O10P. The predicted molar refractivity (Wildman–Crippen MR) is 179 cm³/mol. The number of hydrogen-bond donors (Lipinski definition) is 1. The van der Waals surface area contributed by atoms with E-state index in [2.05, 4.69) is 10.3 Å². The van der Waals surface area contributed by atoms with Gasteiger partial charge < -0.3 is 29.5 Å². The van der Waals surface area contributed by atoms with Crippen LogP contribution in [0.25, 0.3) is 11.4 Å². The highest BCUT2D eigenvalue weighted by atomic mass is 31.2. The van der Waals surface area contributed by atoms with Crippen molar-refractivity contribution in [2.75, 3.05) is 77.3 Å². The van der Waals surface area contributed by atoms with Crippen LogP contribution < -0.4 is 10.2 Å². The molecule has 2 atom stereocenters. The molecule has 17 heteroatoms. The molecule has 49 heavy (non-hydrogen) atoms. The van der Waals surface area contributed by atoms with Gasteiger partial charge in [-0.15, -0.1) is 9.35 Å². The summed E-state index contributed by atoms with van der Waals surface area (Å²) in [5.74, 6) is -0.431. The van der Waals surface area contributed by atoms with Crippen LogP contribution in [0.2, 0.25) is 0 Å². The smallest absolute Gasteiger partial charge is 0.409 e. The average molecular weight is 707 g/mol. The third-order valence-electron chi connectivity index (χ3n) is 7.93. The van der Waals surface area contributed by atoms with E-state index in [0.717, 1.165) is 19.3 Å². The van der Waals surface area contributed by atoms with Crippen molar-refractivity contribution in [3.05, 3.63) is 42.1 Å². The Bertz CT molecular complexity index is 1420. The lowest BCUT2D eigenvalue weighted by atomic mass is 10.2. The highest BCUT2D eigenvalue weighted by Gasteiger charge is 2.40. The lowest BCUT2D eigenvalue weighted by Crippen LogP contribution is -2.57. The summed E-state index contributed by atoms with van der Waals surface area (Å²) >= 11 is 0. The maximum absolute atomic E-state index is 14.0. The van der Waals surface area contributed by atoms with Gasteiger partial charge >= 0.3 is 13.7 Å². The van der Waals surface area contributed by atoms with Gasteiger partial charge in [0.05, 0.1) is 32.1 Å². The standard InChI is InChI=1S/C32H47N6O10P/c1-5-8-20-44-32(41)37-18-16-36(17-19-37)31(40)27(23-49(42,47-45-6-2)48-46-7-3)34-30(39)26-21-28(38-15-14-25(22-38)43-4)35-29(33-26)24-12-10-9-11-13-24/h9-13,21,25,27H,5-8,14-20,22-23H2,1-4H3,(H,34,39)/t25-,27-/m0/s1. The lowest BCUT2D eigenvalue weighted by molar-refractivity contribution is -0.263. The number of benzene rings is 1. The minimum atomic E-state index is -4.25. The van der Waals surface area contributed by atoms with Crippen molar-refractivity contribution in [2.24, 2.45) is 0 Å². The Labute approximate surface area is 286 Å². The van der Waals surface area contributed by atoms with E-state index in [1.54, 1.807) is 27.0 Å². The van der Waals surface area contributed by atoms with E-state index < -0.39 is 37.7 Å². The normalized spacial score (nSPS) is 17.2. The van der Waals surface area contributed by atoms with Crippen LogP contribution in [-0.2, 0) is 38.0 Å². The molecule has 2 fully saturated rings. The molecule has 0 spiro atoms. The molecule has 1 aromatic carbocycles. The third-order valence-corrected chi connectivity index (χ3v) is 9.41. The molecule has 2 aliphatic heterocycles. The first-order valence-electron chi connectivity index (χ1n) is 16.6. The number of amides is 3. The number of carbonyl (C=O) groups excluding carboxylic acids is 3. The van der Waals surface area contributed by atoms with Gasteiger partial charge in [0.1, 0.15) is 17.6 Å². The zero-order chi connectivity index (χ0) is 35.2. The minimum absolute atomic E-state index is 0.00607. The van der Waals surface area contributed by atoms with Crippen molar-refractivity contribution in [3.63, 3.8) is 0 Å². The molecule has 0 saturated carbocycles. The Morgan fingerprint density at radius 3 is 2.24 bits per heavy atom. The van der Waals surface area contributed by atoms with Gasteiger partial charge in [0.2, 0.25) is 5.91 Å². The quantitative estimate of drug-likeness (QED) is 0.109. The first-order valence-corrected chi connectivity index (χ1v) is 18.4. The monoisotopic (exact) mass is 706 g/mol. The fourth-order valence-electron chi connectivity index (χ4n) is 5.26. The number of unbranched alkanes of at least 4 members (excludes halogenated alkanes) is 1. The zero-order valence-corrected chi connectivity index (χ0v) is 29.5. The molecule has 2 aromatic rings. The van der Waals surface area contributed by atoms with E-state index in [-0.39, 0.29) is 51.2 Å². The van der Waals surface area contributed by atoms with Crippen LogP contribution in [0.4, 0.5) is 10.6 Å². The second-order valence-corrected chi connectivity index (χ2v) is 13.3. The molecule has 2 saturated heterocycles. The summed E-state index contributed by atoms with van der Waals surface area (Å²) in [6, 6.07) is 9.36. The van der Waals surface area contributed by atoms with Gasteiger partial charge in [-0.2, -0.15) is 0 Å². The van der Waals surface area contributed by atoms with E-state index in [1.165, 1.54) is 9.80 Å². The third kappa shape index (κ3) is 10.9. The summed E-state index contributed by atoms with van der Waals surface area (Å²) < 4.78 is 34.7. The van der Waals surface area contributed by atoms with Crippen LogP contribution in [0.1, 0.15) is 50.5 Å². The minimum Gasteiger partial charge on any atom is -0.449 e. The highest BCUT2D eigenvalue weighted by molar-refractivity contribution is 7.53. The van der Waals surface area contributed by atoms with E-state index in [4.69, 9.17) is 33.6 Å². The number of piperazine rings is 1. The van der Waals surface area contributed by atoms with Crippen molar-refractivity contribution < 1.29 is 47.5 Å². The van der Waals surface area contributed by atoms with Crippen molar-refractivity contribution in [2.45, 2.75) is 52.2 Å². The Hall–Kier alpha value is -3.66. The predicted octanol–water partition coefficient (Wildman–Crippen LogP) is 3.68. The summed E-state index contributed by atoms with van der Waals surface area (Å²) in [4.78, 5) is 64.7. The number of carbonyl (C=O) groups is 3. The van der Waals surface area contributed by atoms with Crippen LogP contribution in [0.5, 0.6) is 0 Å². The summed E-state index contributed by atoms with van der Waals surface area (Å²) in [5.41, 5.74) is 0.688. The van der Waals surface area contributed by atoms with E-state index >= 15 is 0 Å². The van der Waals surface area contributed by atoms with Gasteiger partial charge in [-0.1, -0.05) is 43.7 Å². The average Bonchev–Trinajstić information content (AvgIpc) is 3.63. The molecule has 0 radical (unpaired) electrons. The fraction of sp³-hybridized carbons (Fsp3) is 0.594. The topological polar surface area (TPSA) is 171 Å². The van der Waals surface area contributed by atoms with Crippen LogP contribution in [0.15, 0.2) is 36.4 Å². The molecule has 2 aliphatic rings. The van der Waals surface area contributed by atoms with Gasteiger partial charge in [-0.05, 0) is 26.7 Å². The summed E-state index contributed by atoms with van der Waals surface area (Å²) in [5, 5.41) is 2.71. The number of rotatable bonds is 17. The fourth-order valence-corrected chi connectivity index (χ4v) is 6.64. The van der Waals surface area contributed by atoms with E-state index in [9.17, 15) is 18.9 Å². The number of methoxy groups -OCH3 is 1. The Balaban J connectivity index is 1.60. The van der Waals surface area contributed by atoms with Gasteiger partial charge in [0.25, 0.3) is 5.91 Å². The Morgan fingerprint density at radius 2 is 1.63 bits per heavy atom. The van der Waals surface area contributed by atoms with E-state index in [0.29, 0.717) is 36.9 Å². The molecule has 3 amide bonds. The summed E-state index contributed by atoms with van der Waals surface area (Å²) in [6.45, 7) is 7.61. The zero-order valence-electron chi connectivity index (χ0n) is 28.6. The van der Waals surface area contributed by atoms with Crippen LogP contribution in [-0.4, -0.2) is 122 Å². The van der Waals surface area contributed by atoms with Crippen molar-refractivity contribution in [1.29, 1.82) is 0 Å². The Morgan fingerprint density at radius 1 is 0.959 bits per heavy atom. The molecule has 4 rings (SSSR count). The largest absolute Gasteiger partial charge is 0.449 e. The maximum atomic E-state index is 14.0. The second kappa shape index (κ2) is 18.9. The van der Waals surface area contributed by atoms with Crippen molar-refractivity contribution in [1.82, 2.24) is 25.1 Å². The Kier molecular flexibility index (Phi) is 14.7. The van der Waals surface area contributed by atoms with Gasteiger partial charge in [0.15, 0.2) is 5.82 Å². The van der Waals surface area contributed by atoms with E-state index in [1.807, 2.05) is 42.2 Å². The molecule has 0 aliphatic carbocycles. The first kappa shape index (κ1) is 38.1. The number of aromatic nitrogens is 2. The van der Waals surface area contributed by atoms with Crippen molar-refractivity contribution >= 4 is 31.3 Å². The number of nitrogens with one attached hydrogen (secondary N) is 1. The number of hydrogen-bond acceptors (Lipinski definition) is 13. The number of anilines is 1. The summed E-state index contributed by atoms with van der Waals surface area (Å²) in [7, 11) is -2.59. The molecule has 16 nitrogen and oxygen atoms in total. The number of nitrogens with zero attached hydrogens (tertiary/aromatic N) is 5. The van der Waals surface area contributed by atoms with Crippen LogP contribution >= 0.6 is 7.60 Å². The molecular weight excluding hydrogens is 659 g/mol. The maximum Gasteiger partial charge on any atom is 0.409 e. The number of ether oxygens (including phenoxy) is 2. The van der Waals surface area contributed by atoms with Gasteiger partial charge in [0, 0.05) is 58.0 Å². The molecule has 270 valence electrons. The molecule has 1 aromatic heterocycles. The second-order valence-electron chi connectivity index (χ2n) is 11.5. The van der Waals surface area contributed by atoms with Crippen LogP contribution in [0, 0.1) is 0 Å². The lowest BCUT2D eigenvalue weighted by Gasteiger charge is -2.36.